The molecule has 1 rings (SSSR count). The minimum atomic E-state index is -0.309. The van der Waals surface area contributed by atoms with Crippen molar-refractivity contribution in [2.24, 2.45) is 5.92 Å². The molecule has 1 saturated heterocycles. The molecular weight excluding hydrogens is 202 g/mol. The Morgan fingerprint density at radius 3 is 2.57 bits per heavy atom. The number of alkyl halides is 1. The highest BCUT2D eigenvalue weighted by Gasteiger charge is 2.26. The van der Waals surface area contributed by atoms with Gasteiger partial charge in [-0.3, -0.25) is 4.79 Å². The number of carbonyl (C=O) groups excluding carboxylic acids is 1. The zero-order valence-electron chi connectivity index (χ0n) is 8.81. The predicted molar refractivity (Wildman–Crippen MR) is 56.5 cm³/mol. The van der Waals surface area contributed by atoms with E-state index in [0.717, 1.165) is 12.8 Å². The third-order valence-corrected chi connectivity index (χ3v) is 3.06. The standard InChI is InChI=1S/C10H18ClNO2/c1-10(2,7-11)12-9(13)8-3-5-14-6-4-8/h8H,3-7H2,1-2H3,(H,12,13). The molecule has 1 heterocycles. The first kappa shape index (κ1) is 11.8. The van der Waals surface area contributed by atoms with Crippen LogP contribution in [-0.4, -0.2) is 30.5 Å². The number of hydrogen-bond donors (Lipinski definition) is 1. The minimum absolute atomic E-state index is 0.103. The van der Waals surface area contributed by atoms with Crippen LogP contribution in [-0.2, 0) is 9.53 Å². The van der Waals surface area contributed by atoms with Crippen LogP contribution in [0.5, 0.6) is 0 Å². The van der Waals surface area contributed by atoms with Crippen molar-refractivity contribution in [3.05, 3.63) is 0 Å². The molecule has 1 aliphatic heterocycles. The maximum absolute atomic E-state index is 11.7. The molecule has 0 aromatic carbocycles. The number of hydrogen-bond acceptors (Lipinski definition) is 2. The average Bonchev–Trinajstić information content (AvgIpc) is 2.19. The van der Waals surface area contributed by atoms with E-state index in [1.54, 1.807) is 0 Å². The summed E-state index contributed by atoms with van der Waals surface area (Å²) in [7, 11) is 0. The van der Waals surface area contributed by atoms with Gasteiger partial charge in [0.05, 0.1) is 0 Å². The van der Waals surface area contributed by atoms with Crippen LogP contribution in [0.25, 0.3) is 0 Å². The Morgan fingerprint density at radius 2 is 2.07 bits per heavy atom. The molecule has 1 aliphatic rings. The molecule has 0 aromatic heterocycles. The van der Waals surface area contributed by atoms with Gasteiger partial charge in [0.2, 0.25) is 5.91 Å². The molecule has 1 N–H and O–H groups in total. The number of halogens is 1. The summed E-state index contributed by atoms with van der Waals surface area (Å²) in [5.74, 6) is 0.646. The van der Waals surface area contributed by atoms with Gasteiger partial charge in [-0.05, 0) is 26.7 Å². The SMILES string of the molecule is CC(C)(CCl)NC(=O)C1CCOCC1. The van der Waals surface area contributed by atoms with E-state index in [0.29, 0.717) is 19.1 Å². The van der Waals surface area contributed by atoms with E-state index in [2.05, 4.69) is 5.32 Å². The first-order valence-corrected chi connectivity index (χ1v) is 5.54. The largest absolute Gasteiger partial charge is 0.381 e. The quantitative estimate of drug-likeness (QED) is 0.732. The van der Waals surface area contributed by atoms with Gasteiger partial charge in [-0.1, -0.05) is 0 Å². The summed E-state index contributed by atoms with van der Waals surface area (Å²) in [6, 6.07) is 0. The molecule has 0 aliphatic carbocycles. The van der Waals surface area contributed by atoms with Gasteiger partial charge in [0.1, 0.15) is 0 Å². The van der Waals surface area contributed by atoms with Crippen molar-refractivity contribution in [2.45, 2.75) is 32.2 Å². The maximum Gasteiger partial charge on any atom is 0.223 e. The first-order valence-electron chi connectivity index (χ1n) is 5.01. The molecule has 0 unspecified atom stereocenters. The molecule has 3 nitrogen and oxygen atoms in total. The average molecular weight is 220 g/mol. The third-order valence-electron chi connectivity index (χ3n) is 2.39. The van der Waals surface area contributed by atoms with E-state index >= 15 is 0 Å². The lowest BCUT2D eigenvalue weighted by atomic mass is 9.97. The first-order chi connectivity index (χ1) is 6.55. The second-order valence-electron chi connectivity index (χ2n) is 4.39. The number of carbonyl (C=O) groups is 1. The highest BCUT2D eigenvalue weighted by molar-refractivity contribution is 6.18. The van der Waals surface area contributed by atoms with Crippen molar-refractivity contribution in [3.8, 4) is 0 Å². The summed E-state index contributed by atoms with van der Waals surface area (Å²) in [4.78, 5) is 11.7. The highest BCUT2D eigenvalue weighted by atomic mass is 35.5. The molecule has 0 radical (unpaired) electrons. The predicted octanol–water partition coefficient (Wildman–Crippen LogP) is 1.55. The molecule has 1 amide bonds. The Balaban J connectivity index is 2.40. The van der Waals surface area contributed by atoms with Crippen molar-refractivity contribution >= 4 is 17.5 Å². The third kappa shape index (κ3) is 3.46. The van der Waals surface area contributed by atoms with Crippen LogP contribution >= 0.6 is 11.6 Å². The van der Waals surface area contributed by atoms with Gasteiger partial charge in [-0.15, -0.1) is 11.6 Å². The summed E-state index contributed by atoms with van der Waals surface area (Å²) in [6.07, 6.45) is 1.65. The van der Waals surface area contributed by atoms with Crippen LogP contribution in [0.2, 0.25) is 0 Å². The van der Waals surface area contributed by atoms with Crippen LogP contribution in [0.4, 0.5) is 0 Å². The fraction of sp³-hybridized carbons (Fsp3) is 0.900. The van der Waals surface area contributed by atoms with Gasteiger partial charge >= 0.3 is 0 Å². The van der Waals surface area contributed by atoms with Gasteiger partial charge in [0.15, 0.2) is 0 Å². The van der Waals surface area contributed by atoms with Gasteiger partial charge in [0, 0.05) is 30.6 Å². The van der Waals surface area contributed by atoms with E-state index in [-0.39, 0.29) is 17.4 Å². The summed E-state index contributed by atoms with van der Waals surface area (Å²) in [5.41, 5.74) is -0.309. The molecule has 82 valence electrons. The lowest BCUT2D eigenvalue weighted by molar-refractivity contribution is -0.129. The van der Waals surface area contributed by atoms with Crippen molar-refractivity contribution < 1.29 is 9.53 Å². The smallest absolute Gasteiger partial charge is 0.223 e. The van der Waals surface area contributed by atoms with E-state index < -0.39 is 0 Å². The summed E-state index contributed by atoms with van der Waals surface area (Å²) >= 11 is 5.74. The summed E-state index contributed by atoms with van der Waals surface area (Å²) in [6.45, 7) is 5.24. The lowest BCUT2D eigenvalue weighted by Crippen LogP contribution is -2.48. The Kier molecular flexibility index (Phi) is 4.20. The fourth-order valence-corrected chi connectivity index (χ4v) is 1.50. The molecule has 0 saturated carbocycles. The zero-order chi connectivity index (χ0) is 10.6. The number of nitrogens with one attached hydrogen (secondary N) is 1. The van der Waals surface area contributed by atoms with Crippen molar-refractivity contribution in [3.63, 3.8) is 0 Å². The van der Waals surface area contributed by atoms with Gasteiger partial charge in [-0.25, -0.2) is 0 Å². The van der Waals surface area contributed by atoms with Gasteiger partial charge in [-0.2, -0.15) is 0 Å². The highest BCUT2D eigenvalue weighted by Crippen LogP contribution is 2.16. The topological polar surface area (TPSA) is 38.3 Å². The number of rotatable bonds is 3. The molecule has 4 heteroatoms. The van der Waals surface area contributed by atoms with Crippen LogP contribution in [0.3, 0.4) is 0 Å². The maximum atomic E-state index is 11.7. The normalized spacial score (nSPS) is 19.4. The molecule has 0 bridgehead atoms. The molecule has 0 spiro atoms. The second-order valence-corrected chi connectivity index (χ2v) is 4.66. The van der Waals surface area contributed by atoms with Crippen molar-refractivity contribution in [1.82, 2.24) is 5.32 Å². The lowest BCUT2D eigenvalue weighted by Gasteiger charge is -2.28. The van der Waals surface area contributed by atoms with Crippen molar-refractivity contribution in [1.29, 1.82) is 0 Å². The van der Waals surface area contributed by atoms with Crippen molar-refractivity contribution in [2.75, 3.05) is 19.1 Å². The van der Waals surface area contributed by atoms with Gasteiger partial charge in [0.25, 0.3) is 0 Å². The molecule has 14 heavy (non-hydrogen) atoms. The number of amides is 1. The Labute approximate surface area is 90.1 Å². The zero-order valence-corrected chi connectivity index (χ0v) is 9.56. The minimum Gasteiger partial charge on any atom is -0.381 e. The van der Waals surface area contributed by atoms with E-state index in [1.807, 2.05) is 13.8 Å². The Hall–Kier alpha value is -0.280. The van der Waals surface area contributed by atoms with Gasteiger partial charge < -0.3 is 10.1 Å². The van der Waals surface area contributed by atoms with Crippen LogP contribution in [0, 0.1) is 5.92 Å². The van der Waals surface area contributed by atoms with E-state index in [4.69, 9.17) is 16.3 Å². The second kappa shape index (κ2) is 4.99. The Bertz CT molecular complexity index is 200. The molecule has 0 aromatic rings. The van der Waals surface area contributed by atoms with Crippen LogP contribution in [0.15, 0.2) is 0 Å². The van der Waals surface area contributed by atoms with Crippen LogP contribution < -0.4 is 5.32 Å². The fourth-order valence-electron chi connectivity index (χ4n) is 1.43. The number of ether oxygens (including phenoxy) is 1. The van der Waals surface area contributed by atoms with Crippen LogP contribution in [0.1, 0.15) is 26.7 Å². The monoisotopic (exact) mass is 219 g/mol. The van der Waals surface area contributed by atoms with E-state index in [9.17, 15) is 4.79 Å². The summed E-state index contributed by atoms with van der Waals surface area (Å²) < 4.78 is 5.20. The molecule has 0 atom stereocenters. The summed E-state index contributed by atoms with van der Waals surface area (Å²) in [5, 5.41) is 2.95. The molecule has 1 fully saturated rings. The van der Waals surface area contributed by atoms with E-state index in [1.165, 1.54) is 0 Å². The molecular formula is C10H18ClNO2. The Morgan fingerprint density at radius 1 is 1.50 bits per heavy atom.